The SMILES string of the molecule is COc1ccccc1N=Nc1cccc2ccccc12. The lowest BCUT2D eigenvalue weighted by Crippen LogP contribution is -1.81. The van der Waals surface area contributed by atoms with Crippen LogP contribution in [0.15, 0.2) is 77.0 Å². The number of hydrogen-bond acceptors (Lipinski definition) is 3. The van der Waals surface area contributed by atoms with Gasteiger partial charge in [-0.25, -0.2) is 0 Å². The predicted molar refractivity (Wildman–Crippen MR) is 81.1 cm³/mol. The number of benzene rings is 3. The number of para-hydroxylation sites is 1. The Balaban J connectivity index is 2.03. The standard InChI is InChI=1S/C17H14N2O/c1-20-17-12-5-4-10-16(17)19-18-15-11-6-8-13-7-2-3-9-14(13)15/h2-12H,1H3. The molecule has 0 N–H and O–H groups in total. The molecule has 0 aromatic heterocycles. The zero-order valence-electron chi connectivity index (χ0n) is 11.2. The molecule has 0 saturated heterocycles. The van der Waals surface area contributed by atoms with E-state index in [9.17, 15) is 0 Å². The van der Waals surface area contributed by atoms with E-state index in [4.69, 9.17) is 4.74 Å². The fourth-order valence-corrected chi connectivity index (χ4v) is 2.12. The Morgan fingerprint density at radius 1 is 0.700 bits per heavy atom. The summed E-state index contributed by atoms with van der Waals surface area (Å²) in [7, 11) is 1.63. The third-order valence-corrected chi connectivity index (χ3v) is 3.12. The van der Waals surface area contributed by atoms with Crippen LogP contribution in [0.3, 0.4) is 0 Å². The third-order valence-electron chi connectivity index (χ3n) is 3.12. The van der Waals surface area contributed by atoms with Crippen LogP contribution in [0.4, 0.5) is 11.4 Å². The highest BCUT2D eigenvalue weighted by Crippen LogP contribution is 2.31. The van der Waals surface area contributed by atoms with Crippen molar-refractivity contribution in [3.05, 3.63) is 66.7 Å². The number of rotatable bonds is 3. The number of methoxy groups -OCH3 is 1. The summed E-state index contributed by atoms with van der Waals surface area (Å²) in [5.74, 6) is 0.719. The van der Waals surface area contributed by atoms with Crippen molar-refractivity contribution in [3.8, 4) is 5.75 Å². The molecule has 0 radical (unpaired) electrons. The van der Waals surface area contributed by atoms with Crippen LogP contribution in [-0.4, -0.2) is 7.11 Å². The molecule has 0 aliphatic rings. The van der Waals surface area contributed by atoms with Gasteiger partial charge in [0, 0.05) is 5.39 Å². The van der Waals surface area contributed by atoms with Gasteiger partial charge in [-0.2, -0.15) is 0 Å². The fourth-order valence-electron chi connectivity index (χ4n) is 2.12. The molecule has 0 saturated carbocycles. The summed E-state index contributed by atoms with van der Waals surface area (Å²) in [6, 6.07) is 21.7. The van der Waals surface area contributed by atoms with Crippen molar-refractivity contribution in [3.63, 3.8) is 0 Å². The van der Waals surface area contributed by atoms with Crippen LogP contribution in [-0.2, 0) is 0 Å². The Labute approximate surface area is 117 Å². The van der Waals surface area contributed by atoms with Gasteiger partial charge in [-0.05, 0) is 23.6 Å². The van der Waals surface area contributed by atoms with Crippen LogP contribution in [0.2, 0.25) is 0 Å². The highest BCUT2D eigenvalue weighted by Gasteiger charge is 2.01. The van der Waals surface area contributed by atoms with Gasteiger partial charge in [-0.3, -0.25) is 0 Å². The van der Waals surface area contributed by atoms with Crippen LogP contribution < -0.4 is 4.74 Å². The third kappa shape index (κ3) is 2.38. The monoisotopic (exact) mass is 262 g/mol. The average molecular weight is 262 g/mol. The summed E-state index contributed by atoms with van der Waals surface area (Å²) < 4.78 is 5.27. The van der Waals surface area contributed by atoms with Gasteiger partial charge >= 0.3 is 0 Å². The van der Waals surface area contributed by atoms with Crippen LogP contribution in [0.1, 0.15) is 0 Å². The molecule has 0 unspecified atom stereocenters. The van der Waals surface area contributed by atoms with Gasteiger partial charge in [0.1, 0.15) is 11.4 Å². The Bertz CT molecular complexity index is 760. The summed E-state index contributed by atoms with van der Waals surface area (Å²) in [5.41, 5.74) is 1.58. The zero-order chi connectivity index (χ0) is 13.8. The van der Waals surface area contributed by atoms with E-state index in [2.05, 4.69) is 22.4 Å². The molecule has 0 bridgehead atoms. The van der Waals surface area contributed by atoms with E-state index in [1.54, 1.807) is 7.11 Å². The summed E-state index contributed by atoms with van der Waals surface area (Å²) in [6.45, 7) is 0. The normalized spacial score (nSPS) is 11.1. The maximum atomic E-state index is 5.27. The maximum absolute atomic E-state index is 5.27. The fraction of sp³-hybridized carbons (Fsp3) is 0.0588. The molecule has 0 aliphatic carbocycles. The first kappa shape index (κ1) is 12.4. The molecule has 20 heavy (non-hydrogen) atoms. The minimum absolute atomic E-state index is 0.719. The van der Waals surface area contributed by atoms with Gasteiger partial charge in [0.2, 0.25) is 0 Å². The summed E-state index contributed by atoms with van der Waals surface area (Å²) in [4.78, 5) is 0. The highest BCUT2D eigenvalue weighted by molar-refractivity contribution is 5.92. The van der Waals surface area contributed by atoms with E-state index in [1.165, 1.54) is 0 Å². The number of fused-ring (bicyclic) bond motifs is 1. The predicted octanol–water partition coefficient (Wildman–Crippen LogP) is 5.26. The van der Waals surface area contributed by atoms with Gasteiger partial charge in [-0.15, -0.1) is 10.2 Å². The van der Waals surface area contributed by atoms with Crippen molar-refractivity contribution in [1.82, 2.24) is 0 Å². The molecular weight excluding hydrogens is 248 g/mol. The molecule has 0 spiro atoms. The number of ether oxygens (including phenoxy) is 1. The van der Waals surface area contributed by atoms with Crippen molar-refractivity contribution in [1.29, 1.82) is 0 Å². The molecule has 0 heterocycles. The van der Waals surface area contributed by atoms with Crippen LogP contribution in [0.5, 0.6) is 5.75 Å². The van der Waals surface area contributed by atoms with Gasteiger partial charge in [0.05, 0.1) is 12.8 Å². The first-order valence-electron chi connectivity index (χ1n) is 6.41. The largest absolute Gasteiger partial charge is 0.494 e. The minimum Gasteiger partial charge on any atom is -0.494 e. The van der Waals surface area contributed by atoms with Gasteiger partial charge < -0.3 is 4.74 Å². The van der Waals surface area contributed by atoms with E-state index < -0.39 is 0 Å². The van der Waals surface area contributed by atoms with E-state index >= 15 is 0 Å². The molecule has 0 atom stereocenters. The Kier molecular flexibility index (Phi) is 3.42. The summed E-state index contributed by atoms with van der Waals surface area (Å²) in [6.07, 6.45) is 0. The van der Waals surface area contributed by atoms with E-state index in [0.717, 1.165) is 27.9 Å². The van der Waals surface area contributed by atoms with Gasteiger partial charge in [0.15, 0.2) is 0 Å². The van der Waals surface area contributed by atoms with Crippen molar-refractivity contribution >= 4 is 22.1 Å². The molecule has 0 amide bonds. The number of nitrogens with zero attached hydrogens (tertiary/aromatic N) is 2. The molecule has 3 heteroatoms. The Morgan fingerprint density at radius 2 is 1.35 bits per heavy atom. The van der Waals surface area contributed by atoms with Crippen molar-refractivity contribution in [2.75, 3.05) is 7.11 Å². The second kappa shape index (κ2) is 5.53. The van der Waals surface area contributed by atoms with Crippen LogP contribution in [0.25, 0.3) is 10.8 Å². The summed E-state index contributed by atoms with van der Waals surface area (Å²) >= 11 is 0. The first-order valence-corrected chi connectivity index (χ1v) is 6.41. The lowest BCUT2D eigenvalue weighted by molar-refractivity contribution is 0.416. The van der Waals surface area contributed by atoms with Crippen molar-refractivity contribution < 1.29 is 4.74 Å². The molecule has 3 nitrogen and oxygen atoms in total. The molecule has 98 valence electrons. The van der Waals surface area contributed by atoms with E-state index in [-0.39, 0.29) is 0 Å². The van der Waals surface area contributed by atoms with E-state index in [0.29, 0.717) is 0 Å². The maximum Gasteiger partial charge on any atom is 0.146 e. The Hall–Kier alpha value is -2.68. The average Bonchev–Trinajstić information content (AvgIpc) is 2.53. The van der Waals surface area contributed by atoms with Crippen molar-refractivity contribution in [2.45, 2.75) is 0 Å². The van der Waals surface area contributed by atoms with Gasteiger partial charge in [-0.1, -0.05) is 48.5 Å². The topological polar surface area (TPSA) is 34.0 Å². The molecule has 0 aliphatic heterocycles. The molecule has 3 rings (SSSR count). The van der Waals surface area contributed by atoms with Crippen LogP contribution >= 0.6 is 0 Å². The quantitative estimate of drug-likeness (QED) is 0.592. The first-order chi connectivity index (χ1) is 9.88. The minimum atomic E-state index is 0.719. The molecule has 3 aromatic rings. The molecule has 3 aromatic carbocycles. The highest BCUT2D eigenvalue weighted by atomic mass is 16.5. The second-order valence-electron chi connectivity index (χ2n) is 4.37. The zero-order valence-corrected chi connectivity index (χ0v) is 11.2. The molecule has 0 fully saturated rings. The molecular formula is C17H14N2O. The van der Waals surface area contributed by atoms with E-state index in [1.807, 2.05) is 54.6 Å². The smallest absolute Gasteiger partial charge is 0.146 e. The Morgan fingerprint density at radius 3 is 2.25 bits per heavy atom. The number of azo groups is 1. The lowest BCUT2D eigenvalue weighted by atomic mass is 10.1. The van der Waals surface area contributed by atoms with Crippen molar-refractivity contribution in [2.24, 2.45) is 10.2 Å². The number of hydrogen-bond donors (Lipinski definition) is 0. The van der Waals surface area contributed by atoms with Gasteiger partial charge in [0.25, 0.3) is 0 Å². The second-order valence-corrected chi connectivity index (χ2v) is 4.37. The summed E-state index contributed by atoms with van der Waals surface area (Å²) in [5, 5.41) is 10.9. The lowest BCUT2D eigenvalue weighted by Gasteiger charge is -2.03. The van der Waals surface area contributed by atoms with Crippen LogP contribution in [0, 0.1) is 0 Å².